The van der Waals surface area contributed by atoms with Gasteiger partial charge in [-0.25, -0.2) is 4.39 Å². The SMILES string of the molecule is CN(C)C(=O)C(N)=C(Cl)C1=NCCCN(c2nc(OC[C@@]34CCCN3CC(F)C4)nc3c2CN(C)[C@@]2(CCc4c(Cl)cccc42)C3)C1. The van der Waals surface area contributed by atoms with Crippen LogP contribution < -0.4 is 15.4 Å². The normalized spacial score (nSPS) is 28.0. The van der Waals surface area contributed by atoms with Crippen molar-refractivity contribution in [1.82, 2.24) is 24.7 Å². The van der Waals surface area contributed by atoms with E-state index in [1.54, 1.807) is 14.1 Å². The Morgan fingerprint density at radius 1 is 1.17 bits per heavy atom. The van der Waals surface area contributed by atoms with Crippen LogP contribution in [-0.4, -0.2) is 108 Å². The summed E-state index contributed by atoms with van der Waals surface area (Å²) in [5, 5.41) is 0.968. The van der Waals surface area contributed by atoms with Crippen molar-refractivity contribution in [3.05, 3.63) is 56.3 Å². The van der Waals surface area contributed by atoms with Crippen LogP contribution >= 0.6 is 23.2 Å². The lowest BCUT2D eigenvalue weighted by Gasteiger charge is -2.45. The zero-order valence-corrected chi connectivity index (χ0v) is 28.9. The molecule has 1 spiro atoms. The Morgan fingerprint density at radius 2 is 2.00 bits per heavy atom. The second-order valence-corrected chi connectivity index (χ2v) is 14.8. The van der Waals surface area contributed by atoms with E-state index in [-0.39, 0.29) is 27.7 Å². The molecule has 1 unspecified atom stereocenters. The average molecular weight is 686 g/mol. The minimum atomic E-state index is -0.844. The van der Waals surface area contributed by atoms with Crippen molar-refractivity contribution in [1.29, 1.82) is 0 Å². The Morgan fingerprint density at radius 3 is 2.81 bits per heavy atom. The van der Waals surface area contributed by atoms with Crippen molar-refractivity contribution >= 4 is 40.6 Å². The molecule has 252 valence electrons. The van der Waals surface area contributed by atoms with E-state index in [1.165, 1.54) is 16.0 Å². The minimum Gasteiger partial charge on any atom is -0.461 e. The molecular weight excluding hydrogens is 642 g/mol. The predicted molar refractivity (Wildman–Crippen MR) is 182 cm³/mol. The molecule has 4 aliphatic heterocycles. The Hall–Kier alpha value is -2.99. The summed E-state index contributed by atoms with van der Waals surface area (Å²) in [6.45, 7) is 3.88. The van der Waals surface area contributed by atoms with Crippen LogP contribution in [-0.2, 0) is 29.7 Å². The lowest BCUT2D eigenvalue weighted by atomic mass is 9.81. The second-order valence-electron chi connectivity index (χ2n) is 14.0. The van der Waals surface area contributed by atoms with Gasteiger partial charge in [0.2, 0.25) is 0 Å². The van der Waals surface area contributed by atoms with Crippen LogP contribution in [0, 0.1) is 0 Å². The number of likely N-dealkylation sites (N-methyl/N-ethyl adjacent to an activating group) is 2. The second kappa shape index (κ2) is 12.5. The number of carbonyl (C=O) groups is 1. The smallest absolute Gasteiger partial charge is 0.318 e. The number of aliphatic imine (C=N–C) groups is 1. The van der Waals surface area contributed by atoms with E-state index in [2.05, 4.69) is 27.8 Å². The van der Waals surface area contributed by atoms with Gasteiger partial charge < -0.3 is 20.3 Å². The van der Waals surface area contributed by atoms with E-state index in [0.717, 1.165) is 60.7 Å². The fourth-order valence-corrected chi connectivity index (χ4v) is 8.94. The number of nitrogens with two attached hydrogens (primary N) is 1. The van der Waals surface area contributed by atoms with Crippen LogP contribution in [0.2, 0.25) is 5.02 Å². The van der Waals surface area contributed by atoms with E-state index < -0.39 is 6.17 Å². The van der Waals surface area contributed by atoms with Gasteiger partial charge in [0.25, 0.3) is 5.91 Å². The Labute approximate surface area is 285 Å². The van der Waals surface area contributed by atoms with Crippen LogP contribution in [0.3, 0.4) is 0 Å². The molecule has 10 nitrogen and oxygen atoms in total. The van der Waals surface area contributed by atoms with Crippen molar-refractivity contribution in [2.75, 3.05) is 65.4 Å². The van der Waals surface area contributed by atoms with Gasteiger partial charge in [-0.2, -0.15) is 9.97 Å². The number of nitrogens with zero attached hydrogens (tertiary/aromatic N) is 7. The third-order valence-corrected chi connectivity index (χ3v) is 11.7. The van der Waals surface area contributed by atoms with Crippen LogP contribution in [0.25, 0.3) is 0 Å². The molecule has 3 atom stereocenters. The highest BCUT2D eigenvalue weighted by Crippen LogP contribution is 2.50. The summed E-state index contributed by atoms with van der Waals surface area (Å²) in [5.74, 6) is 0.401. The monoisotopic (exact) mass is 684 g/mol. The maximum Gasteiger partial charge on any atom is 0.318 e. The summed E-state index contributed by atoms with van der Waals surface area (Å²) in [5.41, 5.74) is 10.6. The highest BCUT2D eigenvalue weighted by atomic mass is 35.5. The molecule has 1 amide bonds. The maximum absolute atomic E-state index is 14.6. The van der Waals surface area contributed by atoms with E-state index in [4.69, 9.17) is 48.6 Å². The number of amides is 1. The predicted octanol–water partition coefficient (Wildman–Crippen LogP) is 4.06. The number of anilines is 1. The van der Waals surface area contributed by atoms with Gasteiger partial charge in [0.05, 0.1) is 34.1 Å². The first-order chi connectivity index (χ1) is 22.5. The Kier molecular flexibility index (Phi) is 8.64. The number of hydrogen-bond donors (Lipinski definition) is 1. The highest BCUT2D eigenvalue weighted by molar-refractivity contribution is 6.45. The van der Waals surface area contributed by atoms with Crippen LogP contribution in [0.4, 0.5) is 10.2 Å². The van der Waals surface area contributed by atoms with Crippen LogP contribution in [0.15, 0.2) is 33.9 Å². The van der Waals surface area contributed by atoms with Crippen molar-refractivity contribution in [3.63, 3.8) is 0 Å². The molecule has 2 saturated heterocycles. The summed E-state index contributed by atoms with van der Waals surface area (Å²) in [6, 6.07) is 6.50. The molecular formula is C34H43Cl2FN8O2. The topological polar surface area (TPSA) is 103 Å². The summed E-state index contributed by atoms with van der Waals surface area (Å²) < 4.78 is 21.1. The quantitative estimate of drug-likeness (QED) is 0.455. The molecule has 7 rings (SSSR count). The zero-order valence-electron chi connectivity index (χ0n) is 27.4. The molecule has 13 heteroatoms. The van der Waals surface area contributed by atoms with Crippen molar-refractivity contribution in [2.24, 2.45) is 10.7 Å². The van der Waals surface area contributed by atoms with Gasteiger partial charge in [0.15, 0.2) is 0 Å². The van der Waals surface area contributed by atoms with Crippen LogP contribution in [0.1, 0.15) is 54.5 Å². The van der Waals surface area contributed by atoms with Crippen LogP contribution in [0.5, 0.6) is 6.01 Å². The van der Waals surface area contributed by atoms with Crippen molar-refractivity contribution < 1.29 is 13.9 Å². The first-order valence-electron chi connectivity index (χ1n) is 16.6. The van der Waals surface area contributed by atoms with E-state index in [1.807, 2.05) is 12.1 Å². The largest absolute Gasteiger partial charge is 0.461 e. The number of alkyl halides is 1. The molecule has 5 aliphatic rings. The molecule has 0 bridgehead atoms. The number of ether oxygens (including phenoxy) is 1. The first-order valence-corrected chi connectivity index (χ1v) is 17.3. The molecule has 2 aromatic rings. The van der Waals surface area contributed by atoms with Gasteiger partial charge >= 0.3 is 6.01 Å². The van der Waals surface area contributed by atoms with E-state index in [9.17, 15) is 9.18 Å². The molecule has 0 saturated carbocycles. The van der Waals surface area contributed by atoms with Gasteiger partial charge in [-0.1, -0.05) is 35.3 Å². The van der Waals surface area contributed by atoms with Gasteiger partial charge in [-0.05, 0) is 62.9 Å². The summed E-state index contributed by atoms with van der Waals surface area (Å²) >= 11 is 13.4. The number of halogens is 3. The van der Waals surface area contributed by atoms with E-state index >= 15 is 0 Å². The van der Waals surface area contributed by atoms with Gasteiger partial charge in [-0.15, -0.1) is 0 Å². The standard InChI is InChI=1S/C34H43Cl2FN8O2/c1-42(2)31(46)29(38)28(36)27-19-44(13-6-12-39-27)30-23-18-43(3)34(11-9-22-24(34)7-4-8-25(22)35)16-26(23)40-32(41-30)47-20-33-10-5-14-45(33)17-21(37)15-33/h4,7-8,21H,5-6,9-20,38H2,1-3H3/t21?,33-,34-/m0/s1. The minimum absolute atomic E-state index is 0.0330. The number of carbonyl (C=O) groups excluding carboxylic acids is 1. The lowest BCUT2D eigenvalue weighted by Crippen LogP contribution is -2.48. The molecule has 1 aliphatic carbocycles. The fourth-order valence-electron chi connectivity index (χ4n) is 8.47. The zero-order chi connectivity index (χ0) is 33.1. The molecule has 2 fully saturated rings. The summed E-state index contributed by atoms with van der Waals surface area (Å²) in [6.07, 6.45) is 4.86. The highest BCUT2D eigenvalue weighted by Gasteiger charge is 2.50. The lowest BCUT2D eigenvalue weighted by molar-refractivity contribution is -0.124. The summed E-state index contributed by atoms with van der Waals surface area (Å²) in [7, 11) is 5.44. The van der Waals surface area contributed by atoms with Crippen molar-refractivity contribution in [2.45, 2.75) is 68.7 Å². The molecule has 1 aromatic heterocycles. The fraction of sp³-hybridized carbons (Fsp3) is 0.588. The van der Waals surface area contributed by atoms with Gasteiger partial charge in [-0.3, -0.25) is 19.6 Å². The van der Waals surface area contributed by atoms with E-state index in [0.29, 0.717) is 63.9 Å². The van der Waals surface area contributed by atoms with Gasteiger partial charge in [0.1, 0.15) is 24.3 Å². The number of rotatable bonds is 6. The first kappa shape index (κ1) is 32.6. The molecule has 5 heterocycles. The number of aromatic nitrogens is 2. The Balaban J connectivity index is 1.27. The molecule has 2 N–H and O–H groups in total. The third kappa shape index (κ3) is 5.66. The third-order valence-electron chi connectivity index (χ3n) is 10.9. The molecule has 1 aromatic carbocycles. The van der Waals surface area contributed by atoms with Crippen molar-refractivity contribution in [3.8, 4) is 6.01 Å². The summed E-state index contributed by atoms with van der Waals surface area (Å²) in [4.78, 5) is 35.8. The molecule has 47 heavy (non-hydrogen) atoms. The molecule has 0 radical (unpaired) electrons. The average Bonchev–Trinajstić information content (AvgIpc) is 3.63. The number of benzene rings is 1. The Bertz CT molecular complexity index is 1650. The number of hydrogen-bond acceptors (Lipinski definition) is 9. The van der Waals surface area contributed by atoms with Gasteiger partial charge in [0, 0.05) is 63.7 Å². The number of fused-ring (bicyclic) bond motifs is 4. The maximum atomic E-state index is 14.6.